The first-order valence-corrected chi connectivity index (χ1v) is 15.8. The summed E-state index contributed by atoms with van der Waals surface area (Å²) in [6.07, 6.45) is 29.1. The third kappa shape index (κ3) is 7.01. The van der Waals surface area contributed by atoms with Gasteiger partial charge in [0.25, 0.3) is 0 Å². The maximum Gasteiger partial charge on any atom is 0.0540 e. The van der Waals surface area contributed by atoms with E-state index >= 15 is 0 Å². The van der Waals surface area contributed by atoms with Crippen LogP contribution in [0.2, 0.25) is 0 Å². The lowest BCUT2D eigenvalue weighted by molar-refractivity contribution is 0.923. The van der Waals surface area contributed by atoms with E-state index in [1.54, 1.807) is 6.08 Å². The maximum absolute atomic E-state index is 4.20. The van der Waals surface area contributed by atoms with Crippen molar-refractivity contribution in [3.05, 3.63) is 174 Å². The van der Waals surface area contributed by atoms with Crippen molar-refractivity contribution < 1.29 is 0 Å². The third-order valence-corrected chi connectivity index (χ3v) is 8.24. The van der Waals surface area contributed by atoms with Crippen LogP contribution in [0.5, 0.6) is 0 Å². The second kappa shape index (κ2) is 15.0. The van der Waals surface area contributed by atoms with Gasteiger partial charge in [0, 0.05) is 16.6 Å². The van der Waals surface area contributed by atoms with Gasteiger partial charge in [-0.15, -0.1) is 0 Å². The number of fused-ring (bicyclic) bond motifs is 2. The van der Waals surface area contributed by atoms with Crippen molar-refractivity contribution in [3.63, 3.8) is 0 Å². The molecule has 220 valence electrons. The summed E-state index contributed by atoms with van der Waals surface area (Å²) < 4.78 is 2.27. The number of nitrogens with zero attached hydrogens (tertiary/aromatic N) is 1. The summed E-state index contributed by atoms with van der Waals surface area (Å²) in [7, 11) is 0. The Hall–Kier alpha value is -4.88. The number of para-hydroxylation sites is 1. The Morgan fingerprint density at radius 3 is 2.52 bits per heavy atom. The second-order valence-corrected chi connectivity index (χ2v) is 11.2. The molecule has 0 bridgehead atoms. The highest BCUT2D eigenvalue weighted by atomic mass is 15.0. The van der Waals surface area contributed by atoms with E-state index in [1.165, 1.54) is 45.2 Å². The molecule has 0 unspecified atom stereocenters. The quantitative estimate of drug-likeness (QED) is 0.139. The Balaban J connectivity index is 1.52. The molecule has 1 aromatic heterocycles. The SMILES string of the molecule is C=C/C=C\C(=C/C)n1c(C=C)c(/C=C/c2cccc(C3=C/Cc4ccccc4C/C(=C\CCC)C/C=C\3)c2)c2ccccc21. The first kappa shape index (κ1) is 30.6. The molecule has 4 aromatic rings. The lowest BCUT2D eigenvalue weighted by atomic mass is 9.92. The molecule has 5 rings (SSSR count). The number of aromatic nitrogens is 1. The number of allylic oxidation sites excluding steroid dienone is 11. The molecule has 1 aliphatic carbocycles. The van der Waals surface area contributed by atoms with Gasteiger partial charge in [0.2, 0.25) is 0 Å². The number of benzene rings is 3. The van der Waals surface area contributed by atoms with Crippen molar-refractivity contribution in [1.82, 2.24) is 4.57 Å². The molecule has 0 atom stereocenters. The zero-order chi connectivity index (χ0) is 30.7. The molecule has 1 heteroatoms. The van der Waals surface area contributed by atoms with Crippen LogP contribution >= 0.6 is 0 Å². The fraction of sp³-hybridized carbons (Fsp3) is 0.163. The third-order valence-electron chi connectivity index (χ3n) is 8.24. The summed E-state index contributed by atoms with van der Waals surface area (Å²) in [4.78, 5) is 0. The van der Waals surface area contributed by atoms with Gasteiger partial charge in [-0.25, -0.2) is 0 Å². The summed E-state index contributed by atoms with van der Waals surface area (Å²) in [6, 6.07) is 26.3. The fourth-order valence-electron chi connectivity index (χ4n) is 6.00. The van der Waals surface area contributed by atoms with Crippen LogP contribution < -0.4 is 0 Å². The molecular formula is C43H43N. The molecule has 1 nitrogen and oxygen atoms in total. The van der Waals surface area contributed by atoms with Gasteiger partial charge >= 0.3 is 0 Å². The predicted octanol–water partition coefficient (Wildman–Crippen LogP) is 11.9. The summed E-state index contributed by atoms with van der Waals surface area (Å²) in [5.41, 5.74) is 12.5. The minimum Gasteiger partial charge on any atom is -0.310 e. The number of rotatable bonds is 9. The molecule has 3 aromatic carbocycles. The van der Waals surface area contributed by atoms with E-state index < -0.39 is 0 Å². The van der Waals surface area contributed by atoms with E-state index in [-0.39, 0.29) is 0 Å². The highest BCUT2D eigenvalue weighted by Crippen LogP contribution is 2.32. The highest BCUT2D eigenvalue weighted by Gasteiger charge is 2.15. The Bertz CT molecular complexity index is 1830. The van der Waals surface area contributed by atoms with Gasteiger partial charge in [-0.05, 0) is 84.7 Å². The molecule has 0 spiro atoms. The van der Waals surface area contributed by atoms with Crippen LogP contribution in [0.1, 0.15) is 66.6 Å². The van der Waals surface area contributed by atoms with Crippen LogP contribution in [0, 0.1) is 0 Å². The van der Waals surface area contributed by atoms with Crippen LogP contribution in [-0.4, -0.2) is 4.57 Å². The number of hydrogen-bond acceptors (Lipinski definition) is 0. The molecule has 0 saturated heterocycles. The van der Waals surface area contributed by atoms with Crippen molar-refractivity contribution >= 4 is 40.4 Å². The Kier molecular flexibility index (Phi) is 10.4. The molecule has 0 N–H and O–H groups in total. The normalized spacial score (nSPS) is 17.1. The zero-order valence-electron chi connectivity index (χ0n) is 26.2. The number of hydrogen-bond donors (Lipinski definition) is 0. The minimum absolute atomic E-state index is 0.923. The molecular weight excluding hydrogens is 530 g/mol. The van der Waals surface area contributed by atoms with Gasteiger partial charge < -0.3 is 4.57 Å². The maximum atomic E-state index is 4.20. The van der Waals surface area contributed by atoms with Crippen molar-refractivity contribution in [2.45, 2.75) is 46.0 Å². The van der Waals surface area contributed by atoms with E-state index in [0.29, 0.717) is 0 Å². The first-order chi connectivity index (χ1) is 21.7. The minimum atomic E-state index is 0.923. The number of unbranched alkanes of at least 4 members (excludes halogenated alkanes) is 1. The lowest BCUT2D eigenvalue weighted by Gasteiger charge is -2.13. The van der Waals surface area contributed by atoms with E-state index in [1.807, 2.05) is 12.2 Å². The van der Waals surface area contributed by atoms with Gasteiger partial charge in [0.15, 0.2) is 0 Å². The predicted molar refractivity (Wildman–Crippen MR) is 195 cm³/mol. The molecule has 0 aliphatic heterocycles. The summed E-state index contributed by atoms with van der Waals surface area (Å²) in [6.45, 7) is 12.4. The Labute approximate surface area is 264 Å². The van der Waals surface area contributed by atoms with Crippen LogP contribution in [0.25, 0.3) is 40.4 Å². The molecule has 1 aliphatic rings. The summed E-state index contributed by atoms with van der Waals surface area (Å²) in [5, 5.41) is 1.20. The van der Waals surface area contributed by atoms with Crippen molar-refractivity contribution in [3.8, 4) is 0 Å². The van der Waals surface area contributed by atoms with Crippen molar-refractivity contribution in [2.75, 3.05) is 0 Å². The monoisotopic (exact) mass is 573 g/mol. The molecule has 1 heterocycles. The molecule has 0 fully saturated rings. The van der Waals surface area contributed by atoms with E-state index in [9.17, 15) is 0 Å². The molecule has 0 amide bonds. The standard InChI is InChI=1S/C43H43N/c1-5-9-17-33-18-15-22-36(29-28-35-20-11-12-21-37(35)31-33)38-23-16-19-34(32-38)27-30-41-40-25-13-14-26-43(40)44(42(41)8-4)39(7-3)24-10-6-2/h6-8,10-17,19-27,29-30,32H,2,4-5,9,18,28,31H2,1,3H3/b22-15-,24-10-,30-27+,33-17-,36-29+,39-7+. The van der Waals surface area contributed by atoms with Crippen LogP contribution in [0.4, 0.5) is 0 Å². The van der Waals surface area contributed by atoms with E-state index in [2.05, 4.69) is 153 Å². The largest absolute Gasteiger partial charge is 0.310 e. The Morgan fingerprint density at radius 2 is 1.73 bits per heavy atom. The van der Waals surface area contributed by atoms with E-state index in [0.717, 1.165) is 48.2 Å². The van der Waals surface area contributed by atoms with Crippen LogP contribution in [0.3, 0.4) is 0 Å². The van der Waals surface area contributed by atoms with Gasteiger partial charge in [-0.2, -0.15) is 0 Å². The van der Waals surface area contributed by atoms with Gasteiger partial charge in [0.1, 0.15) is 0 Å². The van der Waals surface area contributed by atoms with E-state index in [4.69, 9.17) is 0 Å². The molecule has 0 saturated carbocycles. The first-order valence-electron chi connectivity index (χ1n) is 15.8. The summed E-state index contributed by atoms with van der Waals surface area (Å²) in [5.74, 6) is 0. The van der Waals surface area contributed by atoms with Gasteiger partial charge in [0.05, 0.1) is 11.2 Å². The topological polar surface area (TPSA) is 4.93 Å². The van der Waals surface area contributed by atoms with Gasteiger partial charge in [-0.1, -0.05) is 147 Å². The highest BCUT2D eigenvalue weighted by molar-refractivity contribution is 5.99. The van der Waals surface area contributed by atoms with Gasteiger partial charge in [-0.3, -0.25) is 0 Å². The zero-order valence-corrected chi connectivity index (χ0v) is 26.2. The molecule has 0 radical (unpaired) electrons. The average Bonchev–Trinajstić information content (AvgIpc) is 3.38. The smallest absolute Gasteiger partial charge is 0.0540 e. The second-order valence-electron chi connectivity index (χ2n) is 11.2. The Morgan fingerprint density at radius 1 is 0.909 bits per heavy atom. The van der Waals surface area contributed by atoms with Crippen LogP contribution in [-0.2, 0) is 12.8 Å². The van der Waals surface area contributed by atoms with Crippen molar-refractivity contribution in [1.29, 1.82) is 0 Å². The fourth-order valence-corrected chi connectivity index (χ4v) is 6.00. The lowest BCUT2D eigenvalue weighted by Crippen LogP contribution is -1.98. The summed E-state index contributed by atoms with van der Waals surface area (Å²) >= 11 is 0. The van der Waals surface area contributed by atoms with Crippen LogP contribution in [0.15, 0.2) is 140 Å². The molecule has 44 heavy (non-hydrogen) atoms. The average molecular weight is 574 g/mol. The van der Waals surface area contributed by atoms with Crippen molar-refractivity contribution in [2.24, 2.45) is 0 Å².